The molecule has 1 heterocycles. The minimum absolute atomic E-state index is 0.0999. The highest BCUT2D eigenvalue weighted by Gasteiger charge is 2.09. The molecule has 0 unspecified atom stereocenters. The van der Waals surface area contributed by atoms with Crippen LogP contribution in [-0.4, -0.2) is 22.8 Å². The van der Waals surface area contributed by atoms with Crippen LogP contribution < -0.4 is 5.32 Å². The summed E-state index contributed by atoms with van der Waals surface area (Å²) in [5.74, 6) is -0.0999. The van der Waals surface area contributed by atoms with Crippen LogP contribution in [0.15, 0.2) is 54.6 Å². The van der Waals surface area contributed by atoms with Gasteiger partial charge in [0.05, 0.1) is 18.0 Å². The van der Waals surface area contributed by atoms with Gasteiger partial charge in [-0.2, -0.15) is 5.10 Å². The number of aryl methyl sites for hydroxylation is 2. The summed E-state index contributed by atoms with van der Waals surface area (Å²) in [5.41, 5.74) is 5.74. The molecule has 3 rings (SSSR count). The van der Waals surface area contributed by atoms with Crippen molar-refractivity contribution in [2.75, 3.05) is 7.11 Å². The second kappa shape index (κ2) is 7.97. The third-order valence-corrected chi connectivity index (χ3v) is 4.24. The van der Waals surface area contributed by atoms with E-state index in [4.69, 9.17) is 4.74 Å². The number of ether oxygens (including phenoxy) is 1. The first-order valence-corrected chi connectivity index (χ1v) is 8.56. The van der Waals surface area contributed by atoms with Crippen LogP contribution in [0.25, 0.3) is 5.69 Å². The number of rotatable bonds is 6. The number of nitrogens with zero attached hydrogens (tertiary/aromatic N) is 2. The van der Waals surface area contributed by atoms with Crippen molar-refractivity contribution >= 4 is 5.91 Å². The van der Waals surface area contributed by atoms with Crippen LogP contribution in [0.1, 0.15) is 32.9 Å². The monoisotopic (exact) mass is 349 g/mol. The van der Waals surface area contributed by atoms with Gasteiger partial charge < -0.3 is 10.1 Å². The van der Waals surface area contributed by atoms with Gasteiger partial charge in [0.2, 0.25) is 0 Å². The second-order valence-electron chi connectivity index (χ2n) is 6.27. The van der Waals surface area contributed by atoms with E-state index in [9.17, 15) is 4.79 Å². The molecule has 1 aromatic heterocycles. The predicted octanol–water partition coefficient (Wildman–Crippen LogP) is 3.57. The summed E-state index contributed by atoms with van der Waals surface area (Å²) in [7, 11) is 1.67. The lowest BCUT2D eigenvalue weighted by Crippen LogP contribution is -2.23. The van der Waals surface area contributed by atoms with E-state index in [1.54, 1.807) is 7.11 Å². The zero-order valence-corrected chi connectivity index (χ0v) is 15.3. The van der Waals surface area contributed by atoms with E-state index in [1.807, 2.05) is 73.1 Å². The molecule has 0 saturated carbocycles. The summed E-state index contributed by atoms with van der Waals surface area (Å²) in [6.45, 7) is 4.98. The third-order valence-electron chi connectivity index (χ3n) is 4.24. The molecule has 1 amide bonds. The minimum atomic E-state index is -0.0999. The lowest BCUT2D eigenvalue weighted by molar-refractivity contribution is 0.0950. The number of hydrogen-bond donors (Lipinski definition) is 1. The fourth-order valence-corrected chi connectivity index (χ4v) is 2.95. The van der Waals surface area contributed by atoms with Gasteiger partial charge in [0.15, 0.2) is 0 Å². The lowest BCUT2D eigenvalue weighted by atomic mass is 10.1. The maximum Gasteiger partial charge on any atom is 0.251 e. The Morgan fingerprint density at radius 1 is 1.08 bits per heavy atom. The summed E-state index contributed by atoms with van der Waals surface area (Å²) in [6, 6.07) is 17.4. The number of amides is 1. The summed E-state index contributed by atoms with van der Waals surface area (Å²) < 4.78 is 7.08. The van der Waals surface area contributed by atoms with Crippen LogP contribution in [0.4, 0.5) is 0 Å². The van der Waals surface area contributed by atoms with Crippen LogP contribution in [-0.2, 0) is 17.9 Å². The first-order valence-electron chi connectivity index (χ1n) is 8.56. The summed E-state index contributed by atoms with van der Waals surface area (Å²) in [4.78, 5) is 12.4. The number of benzene rings is 2. The number of nitrogens with one attached hydrogen (secondary N) is 1. The maximum absolute atomic E-state index is 12.4. The Hall–Kier alpha value is -2.92. The molecule has 26 heavy (non-hydrogen) atoms. The molecule has 0 saturated heterocycles. The molecule has 0 bridgehead atoms. The molecule has 5 heteroatoms. The van der Waals surface area contributed by atoms with Crippen molar-refractivity contribution < 1.29 is 9.53 Å². The van der Waals surface area contributed by atoms with Crippen LogP contribution in [0.5, 0.6) is 0 Å². The molecular formula is C21H23N3O2. The van der Waals surface area contributed by atoms with Crippen molar-refractivity contribution in [3.8, 4) is 5.69 Å². The van der Waals surface area contributed by atoms with Gasteiger partial charge in [-0.25, -0.2) is 4.68 Å². The number of carbonyl (C=O) groups excluding carboxylic acids is 1. The fourth-order valence-electron chi connectivity index (χ4n) is 2.95. The van der Waals surface area contributed by atoms with E-state index in [0.29, 0.717) is 18.7 Å². The maximum atomic E-state index is 12.4. The Kier molecular flexibility index (Phi) is 5.49. The van der Waals surface area contributed by atoms with E-state index >= 15 is 0 Å². The zero-order valence-electron chi connectivity index (χ0n) is 15.3. The SMILES string of the molecule is COCc1ccccc1CNC(=O)c1ccc(-n2nc(C)cc2C)cc1. The highest BCUT2D eigenvalue weighted by molar-refractivity contribution is 5.94. The van der Waals surface area contributed by atoms with Gasteiger partial charge in [-0.15, -0.1) is 0 Å². The highest BCUT2D eigenvalue weighted by atomic mass is 16.5. The largest absolute Gasteiger partial charge is 0.380 e. The Bertz CT molecular complexity index is 898. The molecule has 0 radical (unpaired) electrons. The third kappa shape index (κ3) is 4.00. The van der Waals surface area contributed by atoms with Gasteiger partial charge in [0, 0.05) is 24.9 Å². The summed E-state index contributed by atoms with van der Waals surface area (Å²) >= 11 is 0. The van der Waals surface area contributed by atoms with Gasteiger partial charge in [0.25, 0.3) is 5.91 Å². The molecular weight excluding hydrogens is 326 g/mol. The van der Waals surface area contributed by atoms with E-state index in [-0.39, 0.29) is 5.91 Å². The van der Waals surface area contributed by atoms with E-state index in [1.165, 1.54) is 0 Å². The van der Waals surface area contributed by atoms with Gasteiger partial charge in [-0.3, -0.25) is 4.79 Å². The van der Waals surface area contributed by atoms with Gasteiger partial charge in [-0.05, 0) is 55.3 Å². The molecule has 1 N–H and O–H groups in total. The molecule has 0 aliphatic heterocycles. The van der Waals surface area contributed by atoms with Crippen molar-refractivity contribution in [1.29, 1.82) is 0 Å². The topological polar surface area (TPSA) is 56.1 Å². The first-order chi connectivity index (χ1) is 12.6. The minimum Gasteiger partial charge on any atom is -0.380 e. The highest BCUT2D eigenvalue weighted by Crippen LogP contribution is 2.14. The number of hydrogen-bond acceptors (Lipinski definition) is 3. The Morgan fingerprint density at radius 2 is 1.77 bits per heavy atom. The average Bonchev–Trinajstić information content (AvgIpc) is 2.99. The molecule has 0 spiro atoms. The van der Waals surface area contributed by atoms with E-state index < -0.39 is 0 Å². The van der Waals surface area contributed by atoms with Gasteiger partial charge >= 0.3 is 0 Å². The number of methoxy groups -OCH3 is 1. The van der Waals surface area contributed by atoms with Gasteiger partial charge in [-0.1, -0.05) is 24.3 Å². The normalized spacial score (nSPS) is 10.7. The Morgan fingerprint density at radius 3 is 2.38 bits per heavy atom. The van der Waals surface area contributed by atoms with Crippen LogP contribution in [0.3, 0.4) is 0 Å². The Balaban J connectivity index is 1.68. The smallest absolute Gasteiger partial charge is 0.251 e. The lowest BCUT2D eigenvalue weighted by Gasteiger charge is -2.11. The molecule has 0 fully saturated rings. The van der Waals surface area contributed by atoms with E-state index in [2.05, 4.69) is 10.4 Å². The standard InChI is InChI=1S/C21H23N3O2/c1-15-12-16(2)24(23-15)20-10-8-17(9-11-20)21(25)22-13-18-6-4-5-7-19(18)14-26-3/h4-12H,13-14H2,1-3H3,(H,22,25). The van der Waals surface area contributed by atoms with Crippen molar-refractivity contribution in [3.63, 3.8) is 0 Å². The molecule has 2 aromatic carbocycles. The van der Waals surface area contributed by atoms with Crippen LogP contribution in [0, 0.1) is 13.8 Å². The van der Waals surface area contributed by atoms with Crippen LogP contribution >= 0.6 is 0 Å². The Labute approximate surface area is 153 Å². The van der Waals surface area contributed by atoms with Crippen molar-refractivity contribution in [2.24, 2.45) is 0 Å². The second-order valence-corrected chi connectivity index (χ2v) is 6.27. The molecule has 0 atom stereocenters. The van der Waals surface area contributed by atoms with Gasteiger partial charge in [0.1, 0.15) is 0 Å². The predicted molar refractivity (Wildman–Crippen MR) is 101 cm³/mol. The summed E-state index contributed by atoms with van der Waals surface area (Å²) in [5, 5.41) is 7.43. The van der Waals surface area contributed by atoms with Crippen molar-refractivity contribution in [1.82, 2.24) is 15.1 Å². The van der Waals surface area contributed by atoms with Crippen LogP contribution in [0.2, 0.25) is 0 Å². The first kappa shape index (κ1) is 17.9. The quantitative estimate of drug-likeness (QED) is 0.740. The number of carbonyl (C=O) groups is 1. The molecule has 0 aliphatic rings. The average molecular weight is 349 g/mol. The molecule has 5 nitrogen and oxygen atoms in total. The van der Waals surface area contributed by atoms with E-state index in [0.717, 1.165) is 28.2 Å². The number of aromatic nitrogens is 2. The molecule has 3 aromatic rings. The van der Waals surface area contributed by atoms with Crippen molar-refractivity contribution in [3.05, 3.63) is 82.7 Å². The summed E-state index contributed by atoms with van der Waals surface area (Å²) in [6.07, 6.45) is 0. The molecule has 0 aliphatic carbocycles. The fraction of sp³-hybridized carbons (Fsp3) is 0.238. The van der Waals surface area contributed by atoms with Crippen molar-refractivity contribution in [2.45, 2.75) is 27.0 Å². The zero-order chi connectivity index (χ0) is 18.5. The molecule has 134 valence electrons.